The van der Waals surface area contributed by atoms with Gasteiger partial charge in [-0.15, -0.1) is 0 Å². The van der Waals surface area contributed by atoms with Crippen molar-refractivity contribution < 1.29 is 0 Å². The van der Waals surface area contributed by atoms with Crippen molar-refractivity contribution in [3.63, 3.8) is 0 Å². The Kier molecular flexibility index (Phi) is 4.26. The van der Waals surface area contributed by atoms with Crippen molar-refractivity contribution in [2.24, 2.45) is 5.41 Å². The summed E-state index contributed by atoms with van der Waals surface area (Å²) in [6.45, 7) is 10.0. The summed E-state index contributed by atoms with van der Waals surface area (Å²) in [5.41, 5.74) is 0.535. The minimum Gasteiger partial charge on any atom is -0.313 e. The highest BCUT2D eigenvalue weighted by Crippen LogP contribution is 2.36. The van der Waals surface area contributed by atoms with Gasteiger partial charge < -0.3 is 10.2 Å². The van der Waals surface area contributed by atoms with Crippen molar-refractivity contribution in [1.82, 2.24) is 10.2 Å². The molecule has 0 radical (unpaired) electrons. The van der Waals surface area contributed by atoms with Gasteiger partial charge in [-0.25, -0.2) is 0 Å². The molecule has 0 bridgehead atoms. The molecule has 2 heteroatoms. The Morgan fingerprint density at radius 3 is 2.56 bits per heavy atom. The standard InChI is InChI=1S/C14H28N2/c1-14(2)8-5-7-13(14)15-9-6-12-16-10-3-4-11-16/h13,15H,3-12H2,1-2H3. The molecule has 2 nitrogen and oxygen atoms in total. The molecule has 2 aliphatic rings. The summed E-state index contributed by atoms with van der Waals surface area (Å²) >= 11 is 0. The van der Waals surface area contributed by atoms with Gasteiger partial charge in [-0.2, -0.15) is 0 Å². The first-order chi connectivity index (χ1) is 7.68. The molecule has 0 spiro atoms. The second-order valence-electron chi connectivity index (χ2n) is 6.29. The molecular weight excluding hydrogens is 196 g/mol. The number of hydrogen-bond donors (Lipinski definition) is 1. The van der Waals surface area contributed by atoms with E-state index >= 15 is 0 Å². The van der Waals surface area contributed by atoms with Crippen LogP contribution in [0.4, 0.5) is 0 Å². The van der Waals surface area contributed by atoms with Crippen LogP contribution in [0.1, 0.15) is 52.4 Å². The topological polar surface area (TPSA) is 15.3 Å². The van der Waals surface area contributed by atoms with Crippen LogP contribution in [0.3, 0.4) is 0 Å². The summed E-state index contributed by atoms with van der Waals surface area (Å²) in [5, 5.41) is 3.77. The fourth-order valence-electron chi connectivity index (χ4n) is 3.29. The first-order valence-corrected chi connectivity index (χ1v) is 7.14. The Labute approximate surface area is 101 Å². The highest BCUT2D eigenvalue weighted by molar-refractivity contribution is 4.89. The lowest BCUT2D eigenvalue weighted by molar-refractivity contribution is 0.273. The van der Waals surface area contributed by atoms with Gasteiger partial charge in [0.1, 0.15) is 0 Å². The van der Waals surface area contributed by atoms with Gasteiger partial charge in [-0.1, -0.05) is 20.3 Å². The molecule has 0 aromatic heterocycles. The van der Waals surface area contributed by atoms with E-state index in [0.717, 1.165) is 6.04 Å². The average Bonchev–Trinajstić information content (AvgIpc) is 2.83. The van der Waals surface area contributed by atoms with E-state index in [1.807, 2.05) is 0 Å². The quantitative estimate of drug-likeness (QED) is 0.722. The molecule has 1 N–H and O–H groups in total. The Balaban J connectivity index is 1.57. The molecule has 1 saturated carbocycles. The van der Waals surface area contributed by atoms with Gasteiger partial charge in [0.25, 0.3) is 0 Å². The van der Waals surface area contributed by atoms with Gasteiger partial charge in [0.2, 0.25) is 0 Å². The molecule has 1 heterocycles. The van der Waals surface area contributed by atoms with E-state index in [1.54, 1.807) is 0 Å². The summed E-state index contributed by atoms with van der Waals surface area (Å²) in [7, 11) is 0. The third-order valence-corrected chi connectivity index (χ3v) is 4.50. The Morgan fingerprint density at radius 2 is 1.94 bits per heavy atom. The van der Waals surface area contributed by atoms with Crippen LogP contribution in [-0.2, 0) is 0 Å². The van der Waals surface area contributed by atoms with Crippen molar-refractivity contribution in [2.75, 3.05) is 26.2 Å². The molecule has 94 valence electrons. The molecule has 16 heavy (non-hydrogen) atoms. The summed E-state index contributed by atoms with van der Waals surface area (Å²) in [6, 6.07) is 0.770. The fraction of sp³-hybridized carbons (Fsp3) is 1.00. The molecule has 0 aromatic carbocycles. The first-order valence-electron chi connectivity index (χ1n) is 7.14. The maximum absolute atomic E-state index is 3.77. The summed E-state index contributed by atoms with van der Waals surface area (Å²) < 4.78 is 0. The lowest BCUT2D eigenvalue weighted by atomic mass is 9.87. The van der Waals surface area contributed by atoms with Crippen molar-refractivity contribution in [1.29, 1.82) is 0 Å². The minimum atomic E-state index is 0.535. The Bertz CT molecular complexity index is 207. The zero-order valence-corrected chi connectivity index (χ0v) is 11.1. The van der Waals surface area contributed by atoms with Crippen LogP contribution < -0.4 is 5.32 Å². The van der Waals surface area contributed by atoms with Crippen LogP contribution in [0.2, 0.25) is 0 Å². The number of rotatable bonds is 5. The van der Waals surface area contributed by atoms with Crippen LogP contribution in [0, 0.1) is 5.41 Å². The van der Waals surface area contributed by atoms with E-state index < -0.39 is 0 Å². The van der Waals surface area contributed by atoms with E-state index in [4.69, 9.17) is 0 Å². The van der Waals surface area contributed by atoms with Crippen LogP contribution in [0.5, 0.6) is 0 Å². The number of nitrogens with zero attached hydrogens (tertiary/aromatic N) is 1. The lowest BCUT2D eigenvalue weighted by Gasteiger charge is -2.28. The van der Waals surface area contributed by atoms with Crippen molar-refractivity contribution in [3.8, 4) is 0 Å². The third kappa shape index (κ3) is 3.21. The van der Waals surface area contributed by atoms with Gasteiger partial charge in [0, 0.05) is 6.04 Å². The first kappa shape index (κ1) is 12.4. The largest absolute Gasteiger partial charge is 0.313 e. The minimum absolute atomic E-state index is 0.535. The number of nitrogens with one attached hydrogen (secondary N) is 1. The molecule has 2 rings (SSSR count). The Hall–Kier alpha value is -0.0800. The van der Waals surface area contributed by atoms with Crippen LogP contribution in [0.15, 0.2) is 0 Å². The van der Waals surface area contributed by atoms with E-state index in [9.17, 15) is 0 Å². The molecule has 1 unspecified atom stereocenters. The maximum Gasteiger partial charge on any atom is 0.0118 e. The second kappa shape index (κ2) is 5.50. The van der Waals surface area contributed by atoms with Crippen molar-refractivity contribution in [2.45, 2.75) is 58.4 Å². The molecular formula is C14H28N2. The van der Waals surface area contributed by atoms with E-state index in [2.05, 4.69) is 24.1 Å². The van der Waals surface area contributed by atoms with Crippen molar-refractivity contribution >= 4 is 0 Å². The average molecular weight is 224 g/mol. The van der Waals surface area contributed by atoms with Crippen molar-refractivity contribution in [3.05, 3.63) is 0 Å². The summed E-state index contributed by atoms with van der Waals surface area (Å²) in [5.74, 6) is 0. The zero-order chi connectivity index (χ0) is 11.4. The van der Waals surface area contributed by atoms with Crippen LogP contribution in [-0.4, -0.2) is 37.1 Å². The van der Waals surface area contributed by atoms with Gasteiger partial charge in [0.05, 0.1) is 0 Å². The van der Waals surface area contributed by atoms with E-state index in [0.29, 0.717) is 5.41 Å². The molecule has 1 atom stereocenters. The number of hydrogen-bond acceptors (Lipinski definition) is 2. The van der Waals surface area contributed by atoms with Crippen LogP contribution in [0.25, 0.3) is 0 Å². The fourth-order valence-corrected chi connectivity index (χ4v) is 3.29. The normalized spacial score (nSPS) is 30.0. The van der Waals surface area contributed by atoms with E-state index in [1.165, 1.54) is 64.7 Å². The predicted molar refractivity (Wildman–Crippen MR) is 69.7 cm³/mol. The molecule has 2 fully saturated rings. The highest BCUT2D eigenvalue weighted by atomic mass is 15.1. The molecule has 1 aliphatic carbocycles. The molecule has 0 amide bonds. The smallest absolute Gasteiger partial charge is 0.0118 e. The van der Waals surface area contributed by atoms with E-state index in [-0.39, 0.29) is 0 Å². The SMILES string of the molecule is CC1(C)CCCC1NCCCN1CCCC1. The monoisotopic (exact) mass is 224 g/mol. The van der Waals surface area contributed by atoms with Gasteiger partial charge >= 0.3 is 0 Å². The molecule has 1 aliphatic heterocycles. The second-order valence-corrected chi connectivity index (χ2v) is 6.29. The Morgan fingerprint density at radius 1 is 1.19 bits per heavy atom. The summed E-state index contributed by atoms with van der Waals surface area (Å²) in [6.07, 6.45) is 8.36. The predicted octanol–water partition coefficient (Wildman–Crippen LogP) is 2.64. The zero-order valence-electron chi connectivity index (χ0n) is 11.1. The highest BCUT2D eigenvalue weighted by Gasteiger charge is 2.33. The van der Waals surface area contributed by atoms with Gasteiger partial charge in [0.15, 0.2) is 0 Å². The third-order valence-electron chi connectivity index (χ3n) is 4.50. The summed E-state index contributed by atoms with van der Waals surface area (Å²) in [4.78, 5) is 2.61. The van der Waals surface area contributed by atoms with Crippen LogP contribution >= 0.6 is 0 Å². The van der Waals surface area contributed by atoms with Gasteiger partial charge in [-0.05, 0) is 63.7 Å². The maximum atomic E-state index is 3.77. The lowest BCUT2D eigenvalue weighted by Crippen LogP contribution is -2.39. The van der Waals surface area contributed by atoms with Gasteiger partial charge in [-0.3, -0.25) is 0 Å². The molecule has 0 aromatic rings. The molecule has 1 saturated heterocycles. The number of likely N-dealkylation sites (tertiary alicyclic amines) is 1.